The lowest BCUT2D eigenvalue weighted by Crippen LogP contribution is -2.16. The lowest BCUT2D eigenvalue weighted by atomic mass is 10.2. The standard InChI is InChI=1S/C14H13ClN2O4S/c1-10-2-7-13(17(18)19)8-14(10)16-22(20,21)9-11-3-5-12(15)6-4-11/h2-8,16H,9H2,1H3. The second kappa shape index (κ2) is 6.33. The van der Waals surface area contributed by atoms with E-state index in [-0.39, 0.29) is 17.1 Å². The second-order valence-electron chi connectivity index (χ2n) is 4.74. The average Bonchev–Trinajstić information content (AvgIpc) is 2.43. The molecule has 0 aliphatic rings. The van der Waals surface area contributed by atoms with Gasteiger partial charge in [0.25, 0.3) is 5.69 Å². The van der Waals surface area contributed by atoms with Gasteiger partial charge in [-0.15, -0.1) is 0 Å². The Morgan fingerprint density at radius 3 is 2.41 bits per heavy atom. The number of non-ortho nitro benzene ring substituents is 1. The quantitative estimate of drug-likeness (QED) is 0.666. The Labute approximate surface area is 132 Å². The van der Waals surface area contributed by atoms with Crippen LogP contribution < -0.4 is 4.72 Å². The second-order valence-corrected chi connectivity index (χ2v) is 6.90. The van der Waals surface area contributed by atoms with Crippen LogP contribution in [0.4, 0.5) is 11.4 Å². The summed E-state index contributed by atoms with van der Waals surface area (Å²) in [6, 6.07) is 10.5. The van der Waals surface area contributed by atoms with E-state index in [1.807, 2.05) is 0 Å². The van der Waals surface area contributed by atoms with Gasteiger partial charge in [-0.05, 0) is 30.2 Å². The number of hydrogen-bond donors (Lipinski definition) is 1. The molecule has 0 amide bonds. The fraction of sp³-hybridized carbons (Fsp3) is 0.143. The Balaban J connectivity index is 2.23. The molecule has 0 radical (unpaired) electrons. The molecular weight excluding hydrogens is 328 g/mol. The molecular formula is C14H13ClN2O4S. The monoisotopic (exact) mass is 340 g/mol. The lowest BCUT2D eigenvalue weighted by Gasteiger charge is -2.10. The number of nitrogens with one attached hydrogen (secondary N) is 1. The summed E-state index contributed by atoms with van der Waals surface area (Å²) in [6.07, 6.45) is 0. The van der Waals surface area contributed by atoms with Gasteiger partial charge in [0.15, 0.2) is 0 Å². The van der Waals surface area contributed by atoms with E-state index in [1.54, 1.807) is 31.2 Å². The maximum atomic E-state index is 12.2. The first-order valence-corrected chi connectivity index (χ1v) is 8.30. The van der Waals surface area contributed by atoms with Gasteiger partial charge in [-0.3, -0.25) is 14.8 Å². The van der Waals surface area contributed by atoms with E-state index in [0.29, 0.717) is 16.1 Å². The first-order valence-electron chi connectivity index (χ1n) is 6.27. The number of anilines is 1. The van der Waals surface area contributed by atoms with Crippen molar-refractivity contribution in [3.05, 3.63) is 68.7 Å². The number of nitro groups is 1. The van der Waals surface area contributed by atoms with Gasteiger partial charge in [0.1, 0.15) is 0 Å². The van der Waals surface area contributed by atoms with Crippen LogP contribution in [-0.2, 0) is 15.8 Å². The number of rotatable bonds is 5. The molecule has 8 heteroatoms. The van der Waals surface area contributed by atoms with Crippen molar-refractivity contribution in [3.8, 4) is 0 Å². The molecule has 6 nitrogen and oxygen atoms in total. The van der Waals surface area contributed by atoms with Crippen molar-refractivity contribution in [2.24, 2.45) is 0 Å². The molecule has 0 fully saturated rings. The van der Waals surface area contributed by atoms with Crippen LogP contribution in [0.5, 0.6) is 0 Å². The third-order valence-corrected chi connectivity index (χ3v) is 4.46. The highest BCUT2D eigenvalue weighted by molar-refractivity contribution is 7.91. The fourth-order valence-corrected chi connectivity index (χ4v) is 3.22. The Morgan fingerprint density at radius 2 is 1.82 bits per heavy atom. The largest absolute Gasteiger partial charge is 0.283 e. The van der Waals surface area contributed by atoms with Crippen LogP contribution in [0.3, 0.4) is 0 Å². The molecule has 0 saturated carbocycles. The van der Waals surface area contributed by atoms with Gasteiger partial charge >= 0.3 is 0 Å². The van der Waals surface area contributed by atoms with Crippen molar-refractivity contribution < 1.29 is 13.3 Å². The Morgan fingerprint density at radius 1 is 1.18 bits per heavy atom. The van der Waals surface area contributed by atoms with E-state index in [2.05, 4.69) is 4.72 Å². The summed E-state index contributed by atoms with van der Waals surface area (Å²) in [7, 11) is -3.68. The minimum atomic E-state index is -3.68. The Bertz CT molecular complexity index is 804. The van der Waals surface area contributed by atoms with Crippen LogP contribution >= 0.6 is 11.6 Å². The molecule has 0 heterocycles. The lowest BCUT2D eigenvalue weighted by molar-refractivity contribution is -0.384. The molecule has 116 valence electrons. The zero-order chi connectivity index (χ0) is 16.3. The molecule has 0 aromatic heterocycles. The van der Waals surface area contributed by atoms with Crippen LogP contribution in [-0.4, -0.2) is 13.3 Å². The maximum absolute atomic E-state index is 12.2. The molecule has 22 heavy (non-hydrogen) atoms. The molecule has 2 aromatic carbocycles. The summed E-state index contributed by atoms with van der Waals surface area (Å²) in [5, 5.41) is 11.3. The molecule has 0 aliphatic carbocycles. The highest BCUT2D eigenvalue weighted by Crippen LogP contribution is 2.23. The molecule has 0 unspecified atom stereocenters. The third kappa shape index (κ3) is 4.19. The van der Waals surface area contributed by atoms with Crippen LogP contribution in [0.2, 0.25) is 5.02 Å². The van der Waals surface area contributed by atoms with E-state index < -0.39 is 14.9 Å². The van der Waals surface area contributed by atoms with Crippen molar-refractivity contribution in [3.63, 3.8) is 0 Å². The number of sulfonamides is 1. The minimum absolute atomic E-state index is 0.171. The first kappa shape index (κ1) is 16.3. The van der Waals surface area contributed by atoms with Crippen molar-refractivity contribution in [1.82, 2.24) is 0 Å². The summed E-state index contributed by atoms with van der Waals surface area (Å²) in [4.78, 5) is 10.2. The molecule has 0 aliphatic heterocycles. The van der Waals surface area contributed by atoms with Crippen LogP contribution in [0.25, 0.3) is 0 Å². The van der Waals surface area contributed by atoms with Gasteiger partial charge in [0.2, 0.25) is 10.0 Å². The zero-order valence-corrected chi connectivity index (χ0v) is 13.2. The van der Waals surface area contributed by atoms with Gasteiger partial charge in [-0.25, -0.2) is 8.42 Å². The number of benzene rings is 2. The predicted octanol–water partition coefficient (Wildman–Crippen LogP) is 3.50. The summed E-state index contributed by atoms with van der Waals surface area (Å²) < 4.78 is 26.7. The van der Waals surface area contributed by atoms with E-state index in [0.717, 1.165) is 0 Å². The molecule has 0 spiro atoms. The first-order chi connectivity index (χ1) is 10.3. The molecule has 2 aromatic rings. The van der Waals surface area contributed by atoms with Crippen molar-refractivity contribution >= 4 is 33.0 Å². The summed E-state index contributed by atoms with van der Waals surface area (Å²) in [5.74, 6) is -0.244. The van der Waals surface area contributed by atoms with Crippen LogP contribution in [0.15, 0.2) is 42.5 Å². The predicted molar refractivity (Wildman–Crippen MR) is 85.5 cm³/mol. The Kier molecular flexibility index (Phi) is 4.68. The highest BCUT2D eigenvalue weighted by atomic mass is 35.5. The topological polar surface area (TPSA) is 89.3 Å². The molecule has 0 atom stereocenters. The number of hydrogen-bond acceptors (Lipinski definition) is 4. The summed E-state index contributed by atoms with van der Waals surface area (Å²) >= 11 is 5.75. The third-order valence-electron chi connectivity index (χ3n) is 2.97. The van der Waals surface area contributed by atoms with E-state index in [1.165, 1.54) is 18.2 Å². The Hall–Kier alpha value is -2.12. The number of nitrogens with zero attached hydrogens (tertiary/aromatic N) is 1. The molecule has 0 bridgehead atoms. The number of halogens is 1. The van der Waals surface area contributed by atoms with Crippen molar-refractivity contribution in [2.45, 2.75) is 12.7 Å². The zero-order valence-electron chi connectivity index (χ0n) is 11.6. The summed E-state index contributed by atoms with van der Waals surface area (Å²) in [5.41, 5.74) is 1.20. The van der Waals surface area contributed by atoms with Gasteiger partial charge in [-0.1, -0.05) is 29.8 Å². The smallest absolute Gasteiger partial charge is 0.271 e. The van der Waals surface area contributed by atoms with Crippen molar-refractivity contribution in [2.75, 3.05) is 4.72 Å². The van der Waals surface area contributed by atoms with Gasteiger partial charge < -0.3 is 0 Å². The van der Waals surface area contributed by atoms with E-state index in [9.17, 15) is 18.5 Å². The highest BCUT2D eigenvalue weighted by Gasteiger charge is 2.16. The average molecular weight is 341 g/mol. The van der Waals surface area contributed by atoms with Gasteiger partial charge in [0, 0.05) is 17.2 Å². The normalized spacial score (nSPS) is 11.2. The van der Waals surface area contributed by atoms with E-state index >= 15 is 0 Å². The van der Waals surface area contributed by atoms with Crippen molar-refractivity contribution in [1.29, 1.82) is 0 Å². The molecule has 2 rings (SSSR count). The van der Waals surface area contributed by atoms with E-state index in [4.69, 9.17) is 11.6 Å². The van der Waals surface area contributed by atoms with Gasteiger partial charge in [0.05, 0.1) is 16.4 Å². The van der Waals surface area contributed by atoms with Crippen LogP contribution in [0.1, 0.15) is 11.1 Å². The molecule has 1 N–H and O–H groups in total. The maximum Gasteiger partial charge on any atom is 0.271 e. The van der Waals surface area contributed by atoms with Gasteiger partial charge in [-0.2, -0.15) is 0 Å². The fourth-order valence-electron chi connectivity index (χ4n) is 1.84. The van der Waals surface area contributed by atoms with Crippen LogP contribution in [0, 0.1) is 17.0 Å². The SMILES string of the molecule is Cc1ccc([N+](=O)[O-])cc1NS(=O)(=O)Cc1ccc(Cl)cc1. The minimum Gasteiger partial charge on any atom is -0.283 e. The summed E-state index contributed by atoms with van der Waals surface area (Å²) in [6.45, 7) is 1.67. The number of aryl methyl sites for hydroxylation is 1. The molecule has 0 saturated heterocycles. The number of nitro benzene ring substituents is 1.